The minimum atomic E-state index is -0.345. The lowest BCUT2D eigenvalue weighted by Gasteiger charge is -2.33. The van der Waals surface area contributed by atoms with Crippen molar-refractivity contribution < 1.29 is 9.59 Å². The molecule has 0 saturated carbocycles. The SMILES string of the molecule is CC.CN1C(=O)CCC(C)(C)C1=O. The largest absolute Gasteiger partial charge is 0.285 e. The van der Waals surface area contributed by atoms with E-state index in [4.69, 9.17) is 0 Å². The van der Waals surface area contributed by atoms with Gasteiger partial charge in [0.25, 0.3) is 0 Å². The number of rotatable bonds is 0. The maximum Gasteiger partial charge on any atom is 0.234 e. The standard InChI is InChI=1S/C8H13NO2.C2H6/c1-8(2)5-4-6(10)9(3)7(8)11;1-2/h4-5H2,1-3H3;1-2H3. The molecule has 1 fully saturated rings. The zero-order valence-corrected chi connectivity index (χ0v) is 9.18. The first-order chi connectivity index (χ1) is 5.95. The van der Waals surface area contributed by atoms with Gasteiger partial charge in [0, 0.05) is 18.9 Å². The molecule has 0 unspecified atom stereocenters. The second-order valence-corrected chi connectivity index (χ2v) is 3.64. The monoisotopic (exact) mass is 185 g/mol. The summed E-state index contributed by atoms with van der Waals surface area (Å²) in [6.07, 6.45) is 1.17. The van der Waals surface area contributed by atoms with Crippen molar-refractivity contribution in [3.05, 3.63) is 0 Å². The molecule has 0 aromatic carbocycles. The predicted molar refractivity (Wildman–Crippen MR) is 52.1 cm³/mol. The van der Waals surface area contributed by atoms with Gasteiger partial charge >= 0.3 is 0 Å². The van der Waals surface area contributed by atoms with Crippen LogP contribution in [-0.2, 0) is 9.59 Å². The van der Waals surface area contributed by atoms with Crippen LogP contribution in [0.15, 0.2) is 0 Å². The highest BCUT2D eigenvalue weighted by Gasteiger charge is 2.37. The molecule has 0 bridgehead atoms. The van der Waals surface area contributed by atoms with E-state index in [0.29, 0.717) is 12.8 Å². The fraction of sp³-hybridized carbons (Fsp3) is 0.800. The van der Waals surface area contributed by atoms with Gasteiger partial charge in [-0.2, -0.15) is 0 Å². The molecule has 0 aliphatic carbocycles. The Labute approximate surface area is 80.1 Å². The van der Waals surface area contributed by atoms with Gasteiger partial charge in [-0.05, 0) is 6.42 Å². The number of amides is 2. The first kappa shape index (κ1) is 12.1. The molecule has 76 valence electrons. The van der Waals surface area contributed by atoms with E-state index >= 15 is 0 Å². The molecule has 0 radical (unpaired) electrons. The second kappa shape index (κ2) is 4.40. The predicted octanol–water partition coefficient (Wildman–Crippen LogP) is 1.82. The van der Waals surface area contributed by atoms with Crippen LogP contribution in [0.5, 0.6) is 0 Å². The van der Waals surface area contributed by atoms with Crippen LogP contribution in [0.25, 0.3) is 0 Å². The van der Waals surface area contributed by atoms with Crippen molar-refractivity contribution in [1.29, 1.82) is 0 Å². The van der Waals surface area contributed by atoms with E-state index in [-0.39, 0.29) is 17.2 Å². The molecule has 13 heavy (non-hydrogen) atoms. The van der Waals surface area contributed by atoms with Gasteiger partial charge in [0.1, 0.15) is 0 Å². The maximum absolute atomic E-state index is 11.4. The number of nitrogens with zero attached hydrogens (tertiary/aromatic N) is 1. The van der Waals surface area contributed by atoms with Crippen LogP contribution >= 0.6 is 0 Å². The summed E-state index contributed by atoms with van der Waals surface area (Å²) in [5.74, 6) is -0.122. The number of likely N-dealkylation sites (tertiary alicyclic amines) is 1. The third-order valence-electron chi connectivity index (χ3n) is 2.22. The molecule has 2 amide bonds. The minimum absolute atomic E-state index is 0.0608. The van der Waals surface area contributed by atoms with Crippen LogP contribution < -0.4 is 0 Å². The molecule has 0 N–H and O–H groups in total. The number of imide groups is 1. The summed E-state index contributed by atoms with van der Waals surface area (Å²) in [7, 11) is 1.55. The number of hydrogen-bond acceptors (Lipinski definition) is 2. The van der Waals surface area contributed by atoms with Crippen molar-refractivity contribution in [3.63, 3.8) is 0 Å². The molecule has 0 atom stereocenters. The molecule has 1 aliphatic rings. The van der Waals surface area contributed by atoms with Gasteiger partial charge in [0.15, 0.2) is 0 Å². The molecule has 1 heterocycles. The van der Waals surface area contributed by atoms with Crippen LogP contribution in [0.3, 0.4) is 0 Å². The van der Waals surface area contributed by atoms with Gasteiger partial charge in [-0.1, -0.05) is 27.7 Å². The van der Waals surface area contributed by atoms with Gasteiger partial charge in [-0.3, -0.25) is 14.5 Å². The Hall–Kier alpha value is -0.860. The van der Waals surface area contributed by atoms with Gasteiger partial charge in [-0.25, -0.2) is 0 Å². The molecule has 0 aromatic heterocycles. The van der Waals surface area contributed by atoms with Crippen molar-refractivity contribution >= 4 is 11.8 Å². The quantitative estimate of drug-likeness (QED) is 0.540. The number of carbonyl (C=O) groups excluding carboxylic acids is 2. The molecule has 0 aromatic rings. The van der Waals surface area contributed by atoms with E-state index < -0.39 is 0 Å². The van der Waals surface area contributed by atoms with Crippen LogP contribution in [0, 0.1) is 5.41 Å². The Morgan fingerprint density at radius 3 is 2.08 bits per heavy atom. The van der Waals surface area contributed by atoms with Crippen molar-refractivity contribution in [2.75, 3.05) is 7.05 Å². The zero-order valence-electron chi connectivity index (χ0n) is 9.18. The molecular weight excluding hydrogens is 166 g/mol. The molecule has 1 rings (SSSR count). The number of hydrogen-bond donors (Lipinski definition) is 0. The van der Waals surface area contributed by atoms with Gasteiger partial charge in [0.05, 0.1) is 0 Å². The molecular formula is C10H19NO2. The van der Waals surface area contributed by atoms with Gasteiger partial charge in [-0.15, -0.1) is 0 Å². The Balaban J connectivity index is 0.000000671. The third kappa shape index (κ3) is 2.54. The van der Waals surface area contributed by atoms with E-state index in [1.807, 2.05) is 27.7 Å². The van der Waals surface area contributed by atoms with Gasteiger partial charge < -0.3 is 0 Å². The summed E-state index contributed by atoms with van der Waals surface area (Å²) in [6, 6.07) is 0. The minimum Gasteiger partial charge on any atom is -0.285 e. The topological polar surface area (TPSA) is 37.4 Å². The third-order valence-corrected chi connectivity index (χ3v) is 2.22. The van der Waals surface area contributed by atoms with Crippen molar-refractivity contribution in [2.24, 2.45) is 5.41 Å². The molecule has 1 saturated heterocycles. The summed E-state index contributed by atoms with van der Waals surface area (Å²) < 4.78 is 0. The van der Waals surface area contributed by atoms with E-state index in [2.05, 4.69) is 0 Å². The summed E-state index contributed by atoms with van der Waals surface area (Å²) in [6.45, 7) is 7.75. The molecule has 1 aliphatic heterocycles. The maximum atomic E-state index is 11.4. The Bertz CT molecular complexity index is 209. The lowest BCUT2D eigenvalue weighted by Crippen LogP contribution is -2.46. The highest BCUT2D eigenvalue weighted by Crippen LogP contribution is 2.29. The molecule has 0 spiro atoms. The first-order valence-corrected chi connectivity index (χ1v) is 4.76. The van der Waals surface area contributed by atoms with Crippen LogP contribution in [0.1, 0.15) is 40.5 Å². The lowest BCUT2D eigenvalue weighted by atomic mass is 9.83. The van der Waals surface area contributed by atoms with Crippen molar-refractivity contribution in [1.82, 2.24) is 4.90 Å². The molecule has 3 nitrogen and oxygen atoms in total. The summed E-state index contributed by atoms with van der Waals surface area (Å²) in [5, 5.41) is 0. The summed E-state index contributed by atoms with van der Waals surface area (Å²) in [4.78, 5) is 23.6. The van der Waals surface area contributed by atoms with Gasteiger partial charge in [0.2, 0.25) is 11.8 Å². The highest BCUT2D eigenvalue weighted by molar-refractivity contribution is 5.99. The van der Waals surface area contributed by atoms with Crippen LogP contribution in [0.2, 0.25) is 0 Å². The fourth-order valence-corrected chi connectivity index (χ4v) is 1.26. The van der Waals surface area contributed by atoms with E-state index in [0.717, 1.165) is 0 Å². The Kier molecular flexibility index (Phi) is 4.11. The van der Waals surface area contributed by atoms with Crippen LogP contribution in [0.4, 0.5) is 0 Å². The number of carbonyl (C=O) groups is 2. The normalized spacial score (nSPS) is 20.8. The van der Waals surface area contributed by atoms with Crippen molar-refractivity contribution in [2.45, 2.75) is 40.5 Å². The first-order valence-electron chi connectivity index (χ1n) is 4.76. The Morgan fingerprint density at radius 2 is 1.69 bits per heavy atom. The fourth-order valence-electron chi connectivity index (χ4n) is 1.26. The smallest absolute Gasteiger partial charge is 0.234 e. The highest BCUT2D eigenvalue weighted by atomic mass is 16.2. The zero-order chi connectivity index (χ0) is 10.6. The summed E-state index contributed by atoms with van der Waals surface area (Å²) >= 11 is 0. The second-order valence-electron chi connectivity index (χ2n) is 3.64. The van der Waals surface area contributed by atoms with E-state index in [1.54, 1.807) is 7.05 Å². The average Bonchev–Trinajstić information content (AvgIpc) is 2.13. The molecule has 3 heteroatoms. The lowest BCUT2D eigenvalue weighted by molar-refractivity contribution is -0.154. The Morgan fingerprint density at radius 1 is 1.23 bits per heavy atom. The van der Waals surface area contributed by atoms with E-state index in [9.17, 15) is 9.59 Å². The number of piperidine rings is 1. The van der Waals surface area contributed by atoms with Crippen LogP contribution in [-0.4, -0.2) is 23.8 Å². The average molecular weight is 185 g/mol. The summed E-state index contributed by atoms with van der Waals surface area (Å²) in [5.41, 5.74) is -0.345. The van der Waals surface area contributed by atoms with Crippen molar-refractivity contribution in [3.8, 4) is 0 Å². The van der Waals surface area contributed by atoms with E-state index in [1.165, 1.54) is 4.90 Å².